The molecule has 2 rings (SSSR count). The molecule has 0 N–H and O–H groups in total. The lowest BCUT2D eigenvalue weighted by Crippen LogP contribution is -1.92. The quantitative estimate of drug-likeness (QED) is 0.752. The standard InChI is InChI=1S/C8H9IN4O/c1-4-6(5(2)13(3)11-4)7-10-8(9)12-14-7/h1-3H3. The van der Waals surface area contributed by atoms with Crippen LogP contribution >= 0.6 is 22.6 Å². The fraction of sp³-hybridized carbons (Fsp3) is 0.375. The summed E-state index contributed by atoms with van der Waals surface area (Å²) in [5, 5.41) is 8.03. The van der Waals surface area contributed by atoms with Crippen LogP contribution in [-0.4, -0.2) is 19.9 Å². The van der Waals surface area contributed by atoms with Crippen molar-refractivity contribution in [1.29, 1.82) is 0 Å². The summed E-state index contributed by atoms with van der Waals surface area (Å²) in [6.45, 7) is 3.91. The van der Waals surface area contributed by atoms with E-state index in [1.165, 1.54) is 0 Å². The zero-order valence-electron chi connectivity index (χ0n) is 8.08. The second kappa shape index (κ2) is 3.34. The Bertz CT molecular complexity index is 474. The molecule has 0 fully saturated rings. The van der Waals surface area contributed by atoms with Gasteiger partial charge in [0.05, 0.1) is 11.3 Å². The molecule has 0 saturated heterocycles. The smallest absolute Gasteiger partial charge is 0.262 e. The van der Waals surface area contributed by atoms with Gasteiger partial charge in [0.15, 0.2) is 0 Å². The Morgan fingerprint density at radius 1 is 1.36 bits per heavy atom. The Balaban J connectivity index is 2.61. The molecule has 0 aliphatic heterocycles. The molecule has 0 aromatic carbocycles. The first-order valence-electron chi connectivity index (χ1n) is 4.09. The largest absolute Gasteiger partial charge is 0.333 e. The minimum absolute atomic E-state index is 0.539. The SMILES string of the molecule is Cc1nn(C)c(C)c1-c1nc(I)no1. The van der Waals surface area contributed by atoms with E-state index in [0.717, 1.165) is 17.0 Å². The maximum absolute atomic E-state index is 5.10. The first-order valence-corrected chi connectivity index (χ1v) is 5.17. The highest BCUT2D eigenvalue weighted by Crippen LogP contribution is 2.24. The molecule has 0 aliphatic rings. The van der Waals surface area contributed by atoms with E-state index in [2.05, 4.69) is 15.2 Å². The van der Waals surface area contributed by atoms with Crippen LogP contribution in [-0.2, 0) is 7.05 Å². The predicted octanol–water partition coefficient (Wildman–Crippen LogP) is 1.69. The second-order valence-electron chi connectivity index (χ2n) is 3.04. The molecule has 0 atom stereocenters. The van der Waals surface area contributed by atoms with Gasteiger partial charge in [0.1, 0.15) is 0 Å². The monoisotopic (exact) mass is 304 g/mol. The molecule has 2 heterocycles. The van der Waals surface area contributed by atoms with Crippen molar-refractivity contribution in [2.24, 2.45) is 7.05 Å². The van der Waals surface area contributed by atoms with E-state index in [0.29, 0.717) is 9.72 Å². The van der Waals surface area contributed by atoms with E-state index < -0.39 is 0 Å². The van der Waals surface area contributed by atoms with E-state index in [1.807, 2.05) is 48.2 Å². The van der Waals surface area contributed by atoms with Gasteiger partial charge in [0.2, 0.25) is 3.83 Å². The van der Waals surface area contributed by atoms with Gasteiger partial charge in [-0.3, -0.25) is 4.68 Å². The molecular formula is C8H9IN4O. The van der Waals surface area contributed by atoms with Crippen LogP contribution in [0.15, 0.2) is 4.52 Å². The van der Waals surface area contributed by atoms with Crippen molar-refractivity contribution >= 4 is 22.6 Å². The van der Waals surface area contributed by atoms with Crippen LogP contribution in [0.3, 0.4) is 0 Å². The Hall–Kier alpha value is -0.920. The fourth-order valence-corrected chi connectivity index (χ4v) is 1.71. The van der Waals surface area contributed by atoms with Crippen molar-refractivity contribution in [2.75, 3.05) is 0 Å². The zero-order valence-corrected chi connectivity index (χ0v) is 10.2. The van der Waals surface area contributed by atoms with Gasteiger partial charge in [-0.05, 0) is 13.8 Å². The van der Waals surface area contributed by atoms with Crippen LogP contribution in [0.25, 0.3) is 11.5 Å². The number of rotatable bonds is 1. The Morgan fingerprint density at radius 3 is 2.50 bits per heavy atom. The molecule has 0 amide bonds. The maximum atomic E-state index is 5.10. The number of hydrogen-bond donors (Lipinski definition) is 0. The van der Waals surface area contributed by atoms with Crippen LogP contribution in [0.5, 0.6) is 0 Å². The van der Waals surface area contributed by atoms with Gasteiger partial charge in [-0.1, -0.05) is 5.16 Å². The lowest BCUT2D eigenvalue weighted by Gasteiger charge is -1.93. The third-order valence-corrected chi connectivity index (χ3v) is 2.56. The second-order valence-corrected chi connectivity index (χ2v) is 4.00. The number of hydrogen-bond acceptors (Lipinski definition) is 4. The van der Waals surface area contributed by atoms with E-state index >= 15 is 0 Å². The highest BCUT2D eigenvalue weighted by Gasteiger charge is 2.17. The molecule has 0 bridgehead atoms. The van der Waals surface area contributed by atoms with Crippen molar-refractivity contribution in [1.82, 2.24) is 19.9 Å². The lowest BCUT2D eigenvalue weighted by molar-refractivity contribution is 0.425. The van der Waals surface area contributed by atoms with Gasteiger partial charge in [-0.2, -0.15) is 10.1 Å². The van der Waals surface area contributed by atoms with E-state index in [-0.39, 0.29) is 0 Å². The molecule has 0 spiro atoms. The number of aromatic nitrogens is 4. The molecule has 2 aromatic rings. The van der Waals surface area contributed by atoms with Crippen LogP contribution < -0.4 is 0 Å². The summed E-state index contributed by atoms with van der Waals surface area (Å²) in [5.74, 6) is 0.539. The first kappa shape index (κ1) is 9.63. The average Bonchev–Trinajstić information content (AvgIpc) is 2.60. The average molecular weight is 304 g/mol. The number of nitrogens with zero attached hydrogens (tertiary/aromatic N) is 4. The third-order valence-electron chi connectivity index (χ3n) is 2.12. The van der Waals surface area contributed by atoms with Crippen molar-refractivity contribution in [3.63, 3.8) is 0 Å². The van der Waals surface area contributed by atoms with Crippen LogP contribution in [0.4, 0.5) is 0 Å². The molecule has 0 aliphatic carbocycles. The van der Waals surface area contributed by atoms with Crippen molar-refractivity contribution in [3.8, 4) is 11.5 Å². The highest BCUT2D eigenvalue weighted by atomic mass is 127. The summed E-state index contributed by atoms with van der Waals surface area (Å²) in [6, 6.07) is 0. The summed E-state index contributed by atoms with van der Waals surface area (Å²) < 4.78 is 7.52. The molecule has 74 valence electrons. The molecular weight excluding hydrogens is 295 g/mol. The molecule has 0 unspecified atom stereocenters. The summed E-state index contributed by atoms with van der Waals surface area (Å²) in [4.78, 5) is 4.17. The minimum Gasteiger partial charge on any atom is -0.333 e. The number of halogens is 1. The summed E-state index contributed by atoms with van der Waals surface area (Å²) in [5.41, 5.74) is 2.87. The molecule has 6 heteroatoms. The van der Waals surface area contributed by atoms with E-state index in [4.69, 9.17) is 4.52 Å². The van der Waals surface area contributed by atoms with Gasteiger partial charge in [-0.15, -0.1) is 0 Å². The number of aryl methyl sites for hydroxylation is 2. The van der Waals surface area contributed by atoms with Crippen molar-refractivity contribution in [2.45, 2.75) is 13.8 Å². The maximum Gasteiger partial charge on any atom is 0.262 e. The highest BCUT2D eigenvalue weighted by molar-refractivity contribution is 14.1. The van der Waals surface area contributed by atoms with Gasteiger partial charge in [0.25, 0.3) is 5.89 Å². The summed E-state index contributed by atoms with van der Waals surface area (Å²) >= 11 is 2.01. The van der Waals surface area contributed by atoms with Crippen LogP contribution in [0, 0.1) is 17.7 Å². The predicted molar refractivity (Wildman–Crippen MR) is 58.7 cm³/mol. The normalized spacial score (nSPS) is 10.9. The minimum atomic E-state index is 0.539. The third kappa shape index (κ3) is 1.43. The zero-order chi connectivity index (χ0) is 10.3. The molecule has 14 heavy (non-hydrogen) atoms. The Morgan fingerprint density at radius 2 is 2.07 bits per heavy atom. The van der Waals surface area contributed by atoms with Crippen LogP contribution in [0.2, 0.25) is 0 Å². The van der Waals surface area contributed by atoms with Crippen molar-refractivity contribution in [3.05, 3.63) is 15.2 Å². The van der Waals surface area contributed by atoms with Gasteiger partial charge in [0, 0.05) is 35.3 Å². The van der Waals surface area contributed by atoms with Gasteiger partial charge in [-0.25, -0.2) is 0 Å². The van der Waals surface area contributed by atoms with Gasteiger partial charge >= 0.3 is 0 Å². The summed E-state index contributed by atoms with van der Waals surface area (Å²) in [7, 11) is 1.90. The topological polar surface area (TPSA) is 56.7 Å². The molecule has 2 aromatic heterocycles. The summed E-state index contributed by atoms with van der Waals surface area (Å²) in [6.07, 6.45) is 0. The molecule has 0 saturated carbocycles. The van der Waals surface area contributed by atoms with Gasteiger partial charge < -0.3 is 4.52 Å². The van der Waals surface area contributed by atoms with Crippen molar-refractivity contribution < 1.29 is 4.52 Å². The van der Waals surface area contributed by atoms with E-state index in [9.17, 15) is 0 Å². The van der Waals surface area contributed by atoms with E-state index in [1.54, 1.807) is 0 Å². The molecule has 5 nitrogen and oxygen atoms in total. The van der Waals surface area contributed by atoms with Crippen LogP contribution in [0.1, 0.15) is 11.4 Å². The lowest BCUT2D eigenvalue weighted by atomic mass is 10.2. The first-order chi connectivity index (χ1) is 6.59. The fourth-order valence-electron chi connectivity index (χ4n) is 1.39. The Labute approximate surface area is 94.6 Å². The molecule has 0 radical (unpaired) electrons. The Kier molecular flexibility index (Phi) is 2.30.